The second-order valence-corrected chi connectivity index (χ2v) is 18.7. The maximum Gasteiger partial charge on any atom is 0.293 e. The normalized spacial score (nSPS) is 21.5. The van der Waals surface area contributed by atoms with Crippen molar-refractivity contribution in [3.05, 3.63) is 65.8 Å². The van der Waals surface area contributed by atoms with Gasteiger partial charge >= 0.3 is 0 Å². The Hall–Kier alpha value is -4.97. The first-order chi connectivity index (χ1) is 29.5. The van der Waals surface area contributed by atoms with E-state index in [1.807, 2.05) is 6.92 Å². The van der Waals surface area contributed by atoms with Crippen LogP contribution in [0.1, 0.15) is 42.6 Å². The Labute approximate surface area is 358 Å². The fourth-order valence-corrected chi connectivity index (χ4v) is 10.9. The highest BCUT2D eigenvalue weighted by Crippen LogP contribution is 2.33. The van der Waals surface area contributed by atoms with Crippen LogP contribution in [0.15, 0.2) is 55.1 Å². The zero-order chi connectivity index (χ0) is 40.4. The summed E-state index contributed by atoms with van der Waals surface area (Å²) < 4.78 is 14.3. The lowest BCUT2D eigenvalue weighted by Crippen LogP contribution is -2.51. The molecule has 4 aromatic heterocycles. The van der Waals surface area contributed by atoms with Gasteiger partial charge in [0, 0.05) is 94.0 Å². The highest BCUT2D eigenvalue weighted by atomic mass is 32.1. The van der Waals surface area contributed by atoms with Gasteiger partial charge in [0.15, 0.2) is 22.2 Å². The minimum atomic E-state index is -0.0705. The summed E-state index contributed by atoms with van der Waals surface area (Å²) in [6.45, 7) is 15.5. The number of aryl methyl sites for hydroxylation is 2. The van der Waals surface area contributed by atoms with E-state index in [0.29, 0.717) is 18.4 Å². The number of anilines is 6. The first-order valence-corrected chi connectivity index (χ1v) is 23.1. The van der Waals surface area contributed by atoms with Gasteiger partial charge in [-0.2, -0.15) is 0 Å². The Morgan fingerprint density at radius 3 is 1.97 bits per heavy atom. The van der Waals surface area contributed by atoms with Crippen molar-refractivity contribution in [3.8, 4) is 0 Å². The standard InChI is InChI=1S/C43H53N13O2S2/c1-29-19-39(44-22-31-5-3-11-54(24-31)41-35-9-7-33(20-37(35)46-27-48-41)52-13-16-57-17-14-52)60-56(29)40-26-53(15-18-58-40)34-8-10-36-38(21-34)47-28-49-42(36)55-12-4-6-32(25-55)23-45-43-51-50-30(2)59-43/h7-10,19-21,27-28,31-32,40H,3-6,11-18,22-26H2,1-2H3,(H,45,51)/p+1. The average molecular weight is 849 g/mol. The average Bonchev–Trinajstić information content (AvgIpc) is 3.91. The van der Waals surface area contributed by atoms with Crippen LogP contribution in [0, 0.1) is 25.7 Å². The summed E-state index contributed by atoms with van der Waals surface area (Å²) in [5.41, 5.74) is 5.55. The molecule has 0 saturated carbocycles. The Morgan fingerprint density at radius 1 is 0.683 bits per heavy atom. The number of nitrogens with zero attached hydrogens (tertiary/aromatic N) is 11. The van der Waals surface area contributed by atoms with Crippen molar-refractivity contribution >= 4 is 77.8 Å². The molecule has 15 nitrogen and oxygen atoms in total. The molecule has 4 aliphatic heterocycles. The molecule has 4 aliphatic rings. The van der Waals surface area contributed by atoms with Gasteiger partial charge in [-0.3, -0.25) is 0 Å². The second kappa shape index (κ2) is 17.6. The van der Waals surface area contributed by atoms with Crippen LogP contribution in [0.25, 0.3) is 21.8 Å². The zero-order valence-electron chi connectivity index (χ0n) is 34.5. The third-order valence-corrected chi connectivity index (χ3v) is 14.4. The molecule has 314 valence electrons. The monoisotopic (exact) mass is 848 g/mol. The maximum atomic E-state index is 6.42. The molecular formula is C43H54N13O2S2+. The summed E-state index contributed by atoms with van der Waals surface area (Å²) in [5.74, 6) is 3.09. The van der Waals surface area contributed by atoms with Crippen LogP contribution in [0.3, 0.4) is 0 Å². The van der Waals surface area contributed by atoms with Crippen molar-refractivity contribution in [2.24, 2.45) is 11.8 Å². The fraction of sp³-hybridized carbons (Fsp3) is 0.512. The van der Waals surface area contributed by atoms with E-state index >= 15 is 0 Å². The van der Waals surface area contributed by atoms with Gasteiger partial charge in [-0.05, 0) is 80.8 Å². The molecule has 6 aromatic rings. The number of benzene rings is 2. The number of morpholine rings is 2. The first kappa shape index (κ1) is 39.2. The first-order valence-electron chi connectivity index (χ1n) is 21.5. The van der Waals surface area contributed by atoms with Gasteiger partial charge in [-0.15, -0.1) is 14.2 Å². The highest BCUT2D eigenvalue weighted by molar-refractivity contribution is 7.15. The van der Waals surface area contributed by atoms with Gasteiger partial charge in [0.25, 0.3) is 6.23 Å². The van der Waals surface area contributed by atoms with Crippen LogP contribution in [0.4, 0.5) is 33.1 Å². The second-order valence-electron chi connectivity index (χ2n) is 16.5. The molecule has 17 heteroatoms. The minimum Gasteiger partial charge on any atom is -0.378 e. The quantitative estimate of drug-likeness (QED) is 0.149. The van der Waals surface area contributed by atoms with Crippen molar-refractivity contribution in [3.63, 3.8) is 0 Å². The van der Waals surface area contributed by atoms with Gasteiger partial charge < -0.3 is 39.7 Å². The van der Waals surface area contributed by atoms with E-state index in [9.17, 15) is 0 Å². The lowest BCUT2D eigenvalue weighted by Gasteiger charge is -2.34. The fourth-order valence-electron chi connectivity index (χ4n) is 9.31. The molecule has 8 heterocycles. The van der Waals surface area contributed by atoms with Crippen molar-refractivity contribution in [2.45, 2.75) is 45.8 Å². The lowest BCUT2D eigenvalue weighted by molar-refractivity contribution is -0.707. The number of rotatable bonds is 11. The Kier molecular flexibility index (Phi) is 11.5. The molecule has 4 saturated heterocycles. The summed E-state index contributed by atoms with van der Waals surface area (Å²) in [6.07, 6.45) is 8.03. The van der Waals surface area contributed by atoms with Crippen LogP contribution in [-0.4, -0.2) is 115 Å². The van der Waals surface area contributed by atoms with Gasteiger partial charge in [0.2, 0.25) is 5.13 Å². The van der Waals surface area contributed by atoms with Crippen molar-refractivity contribution < 1.29 is 13.4 Å². The van der Waals surface area contributed by atoms with Gasteiger partial charge in [-0.1, -0.05) is 11.3 Å². The number of ether oxygens (including phenoxy) is 2. The van der Waals surface area contributed by atoms with E-state index in [2.05, 4.69) is 98.8 Å². The molecule has 0 amide bonds. The topological polar surface area (TPSA) is 137 Å². The van der Waals surface area contributed by atoms with E-state index in [-0.39, 0.29) is 6.23 Å². The predicted octanol–water partition coefficient (Wildman–Crippen LogP) is 5.92. The third-order valence-electron chi connectivity index (χ3n) is 12.4. The number of nitrogens with one attached hydrogen (secondary N) is 2. The number of hydrogen-bond donors (Lipinski definition) is 2. The zero-order valence-corrected chi connectivity index (χ0v) is 36.1. The van der Waals surface area contributed by atoms with E-state index in [0.717, 1.165) is 141 Å². The summed E-state index contributed by atoms with van der Waals surface area (Å²) >= 11 is 3.37. The van der Waals surface area contributed by atoms with Crippen LogP contribution < -0.4 is 34.2 Å². The molecule has 3 unspecified atom stereocenters. The molecule has 10 rings (SSSR count). The number of aromatic nitrogens is 7. The Balaban J connectivity index is 0.764. The SMILES string of the molecule is Cc1nnc(NCC2CCCN(c3ncnc4cc(N5CCOC([n+]6sc(NCC7CCCN(c8ncnc9cc(N%10CCOCC%10)ccc89)C7)cc6C)C5)ccc34)C2)s1. The Morgan fingerprint density at radius 2 is 1.32 bits per heavy atom. The highest BCUT2D eigenvalue weighted by Gasteiger charge is 2.33. The molecule has 0 aliphatic carbocycles. The molecular weight excluding hydrogens is 795 g/mol. The maximum absolute atomic E-state index is 6.42. The third kappa shape index (κ3) is 8.49. The molecule has 2 N–H and O–H groups in total. The minimum absolute atomic E-state index is 0.0705. The van der Waals surface area contributed by atoms with Crippen LogP contribution in [-0.2, 0) is 9.47 Å². The Bertz CT molecular complexity index is 2420. The van der Waals surface area contributed by atoms with E-state index in [1.54, 1.807) is 35.5 Å². The predicted molar refractivity (Wildman–Crippen MR) is 240 cm³/mol. The van der Waals surface area contributed by atoms with Gasteiger partial charge in [-0.25, -0.2) is 19.9 Å². The van der Waals surface area contributed by atoms with E-state index < -0.39 is 0 Å². The van der Waals surface area contributed by atoms with Crippen LogP contribution in [0.5, 0.6) is 0 Å². The van der Waals surface area contributed by atoms with Crippen molar-refractivity contribution in [2.75, 3.05) is 116 Å². The van der Waals surface area contributed by atoms with Gasteiger partial charge in [0.1, 0.15) is 35.8 Å². The molecule has 0 radical (unpaired) electrons. The number of fused-ring (bicyclic) bond motifs is 2. The van der Waals surface area contributed by atoms with Crippen molar-refractivity contribution in [1.29, 1.82) is 0 Å². The molecule has 60 heavy (non-hydrogen) atoms. The summed E-state index contributed by atoms with van der Waals surface area (Å²) in [5, 5.41) is 21.0. The summed E-state index contributed by atoms with van der Waals surface area (Å²) in [7, 11) is 0. The largest absolute Gasteiger partial charge is 0.378 e. The number of piperidine rings is 2. The molecule has 0 bridgehead atoms. The summed E-state index contributed by atoms with van der Waals surface area (Å²) in [4.78, 5) is 28.7. The summed E-state index contributed by atoms with van der Waals surface area (Å²) in [6, 6.07) is 15.6. The molecule has 2 aromatic carbocycles. The number of hydrogen-bond acceptors (Lipinski definition) is 16. The molecule has 4 fully saturated rings. The van der Waals surface area contributed by atoms with E-state index in [1.165, 1.54) is 29.2 Å². The smallest absolute Gasteiger partial charge is 0.293 e. The van der Waals surface area contributed by atoms with E-state index in [4.69, 9.17) is 24.4 Å². The van der Waals surface area contributed by atoms with Crippen LogP contribution in [0.2, 0.25) is 0 Å². The van der Waals surface area contributed by atoms with Crippen LogP contribution >= 0.6 is 22.9 Å². The lowest BCUT2D eigenvalue weighted by atomic mass is 9.97. The molecule has 0 spiro atoms. The van der Waals surface area contributed by atoms with Gasteiger partial charge in [0.05, 0.1) is 30.9 Å². The molecule has 3 atom stereocenters. The van der Waals surface area contributed by atoms with Crippen molar-refractivity contribution in [1.82, 2.24) is 30.1 Å².